The molecule has 31 heavy (non-hydrogen) atoms. The number of carbonyl (C=O) groups excluding carboxylic acids is 1. The summed E-state index contributed by atoms with van der Waals surface area (Å²) in [6.45, 7) is 1.74. The van der Waals surface area contributed by atoms with E-state index in [0.29, 0.717) is 33.7 Å². The van der Waals surface area contributed by atoms with Crippen molar-refractivity contribution in [2.75, 3.05) is 0 Å². The van der Waals surface area contributed by atoms with Crippen molar-refractivity contribution in [2.45, 2.75) is 44.7 Å². The molecule has 1 aliphatic rings. The highest BCUT2D eigenvalue weighted by molar-refractivity contribution is 6.37. The van der Waals surface area contributed by atoms with Crippen molar-refractivity contribution in [3.63, 3.8) is 0 Å². The van der Waals surface area contributed by atoms with Gasteiger partial charge in [0, 0.05) is 23.0 Å². The van der Waals surface area contributed by atoms with Gasteiger partial charge in [-0.05, 0) is 56.9 Å². The molecule has 6 nitrogen and oxygen atoms in total. The van der Waals surface area contributed by atoms with E-state index in [1.165, 1.54) is 0 Å². The number of aryl methyl sites for hydroxylation is 1. The Balaban J connectivity index is 1.55. The normalized spacial score (nSPS) is 19.0. The van der Waals surface area contributed by atoms with Crippen LogP contribution in [0.15, 0.2) is 57.8 Å². The fourth-order valence-electron chi connectivity index (χ4n) is 4.72. The molecule has 0 spiro atoms. The van der Waals surface area contributed by atoms with Gasteiger partial charge in [0.25, 0.3) is 11.5 Å². The van der Waals surface area contributed by atoms with Crippen LogP contribution in [-0.4, -0.2) is 21.7 Å². The molecule has 2 heterocycles. The Hall–Kier alpha value is -3.12. The zero-order chi connectivity index (χ0) is 21.5. The van der Waals surface area contributed by atoms with Crippen LogP contribution >= 0.6 is 11.6 Å². The average Bonchev–Trinajstić information content (AvgIpc) is 3.16. The molecule has 2 aromatic carbocycles. The lowest BCUT2D eigenvalue weighted by atomic mass is 9.90. The van der Waals surface area contributed by atoms with Gasteiger partial charge in [-0.25, -0.2) is 0 Å². The number of benzene rings is 2. The molecule has 1 N–H and O–H groups in total. The first kappa shape index (κ1) is 19.8. The summed E-state index contributed by atoms with van der Waals surface area (Å²) in [5.41, 5.74) is 1.77. The van der Waals surface area contributed by atoms with Crippen molar-refractivity contribution in [3.8, 4) is 0 Å². The minimum Gasteiger partial charge on any atom is -0.360 e. The number of nitrogens with one attached hydrogen (secondary N) is 1. The molecular formula is C24H22ClN3O3. The van der Waals surface area contributed by atoms with Gasteiger partial charge in [-0.3, -0.25) is 9.59 Å². The number of aromatic nitrogens is 2. The van der Waals surface area contributed by atoms with Gasteiger partial charge in [0.2, 0.25) is 0 Å². The van der Waals surface area contributed by atoms with Crippen LogP contribution in [-0.2, 0) is 0 Å². The Morgan fingerprint density at radius 3 is 2.74 bits per heavy atom. The standard InChI is InChI=1S/C24H22ClN3O3/c1-14-20-22(27-31-14)21-18(25)11-6-12-19(21)28(24(20)30)17-10-5-9-16(13-17)26-23(29)15-7-3-2-4-8-15/h2-4,6-8,11-12,16-17H,5,9-10,13H2,1H3,(H,26,29). The Morgan fingerprint density at radius 2 is 1.94 bits per heavy atom. The first-order chi connectivity index (χ1) is 15.0. The van der Waals surface area contributed by atoms with E-state index in [1.807, 2.05) is 34.9 Å². The molecule has 2 unspecified atom stereocenters. The van der Waals surface area contributed by atoms with Gasteiger partial charge in [0.1, 0.15) is 16.7 Å². The predicted octanol–water partition coefficient (Wildman–Crippen LogP) is 5.02. The monoisotopic (exact) mass is 435 g/mol. The molecule has 5 rings (SSSR count). The number of hydrogen-bond donors (Lipinski definition) is 1. The maximum absolute atomic E-state index is 13.5. The van der Waals surface area contributed by atoms with Crippen LogP contribution in [0.3, 0.4) is 0 Å². The summed E-state index contributed by atoms with van der Waals surface area (Å²) >= 11 is 6.52. The van der Waals surface area contributed by atoms with Gasteiger partial charge in [0.05, 0.1) is 10.5 Å². The predicted molar refractivity (Wildman–Crippen MR) is 121 cm³/mol. The topological polar surface area (TPSA) is 77.1 Å². The number of pyridine rings is 1. The zero-order valence-corrected chi connectivity index (χ0v) is 17.9. The Morgan fingerprint density at radius 1 is 1.13 bits per heavy atom. The molecule has 158 valence electrons. The highest BCUT2D eigenvalue weighted by Crippen LogP contribution is 2.35. The summed E-state index contributed by atoms with van der Waals surface area (Å²) in [6, 6.07) is 14.7. The van der Waals surface area contributed by atoms with Crippen molar-refractivity contribution in [1.29, 1.82) is 0 Å². The van der Waals surface area contributed by atoms with Crippen LogP contribution < -0.4 is 10.9 Å². The Bertz CT molecular complexity index is 1340. The van der Waals surface area contributed by atoms with E-state index >= 15 is 0 Å². The lowest BCUT2D eigenvalue weighted by molar-refractivity contribution is 0.0920. The van der Waals surface area contributed by atoms with E-state index < -0.39 is 0 Å². The second-order valence-corrected chi connectivity index (χ2v) is 8.54. The summed E-state index contributed by atoms with van der Waals surface area (Å²) < 4.78 is 7.17. The van der Waals surface area contributed by atoms with Crippen molar-refractivity contribution in [1.82, 2.24) is 15.0 Å². The number of halogens is 1. The second-order valence-electron chi connectivity index (χ2n) is 8.13. The molecule has 0 saturated heterocycles. The summed E-state index contributed by atoms with van der Waals surface area (Å²) in [4.78, 5) is 26.2. The third-order valence-corrected chi connectivity index (χ3v) is 6.48. The van der Waals surface area contributed by atoms with E-state index in [1.54, 1.807) is 25.1 Å². The van der Waals surface area contributed by atoms with E-state index in [0.717, 1.165) is 30.2 Å². The molecule has 0 radical (unpaired) electrons. The first-order valence-corrected chi connectivity index (χ1v) is 10.9. The largest absolute Gasteiger partial charge is 0.360 e. The SMILES string of the molecule is Cc1onc2c1c(=O)n(C1CCCC(NC(=O)c3ccccc3)C1)c1cccc(Cl)c21. The summed E-state index contributed by atoms with van der Waals surface area (Å²) in [5.74, 6) is 0.400. The summed E-state index contributed by atoms with van der Waals surface area (Å²) in [6.07, 6.45) is 3.33. The van der Waals surface area contributed by atoms with Gasteiger partial charge in [-0.15, -0.1) is 0 Å². The molecule has 4 aromatic rings. The van der Waals surface area contributed by atoms with Gasteiger partial charge in [0.15, 0.2) is 0 Å². The molecule has 1 saturated carbocycles. The molecule has 1 aliphatic carbocycles. The number of fused-ring (bicyclic) bond motifs is 3. The molecule has 0 bridgehead atoms. The quantitative estimate of drug-likeness (QED) is 0.490. The van der Waals surface area contributed by atoms with E-state index in [9.17, 15) is 9.59 Å². The third-order valence-electron chi connectivity index (χ3n) is 6.17. The van der Waals surface area contributed by atoms with Crippen LogP contribution in [0.1, 0.15) is 47.8 Å². The lowest BCUT2D eigenvalue weighted by Gasteiger charge is -2.32. The van der Waals surface area contributed by atoms with Crippen LogP contribution in [0, 0.1) is 6.92 Å². The Labute approximate surface area is 183 Å². The van der Waals surface area contributed by atoms with Gasteiger partial charge in [-0.1, -0.05) is 41.0 Å². The van der Waals surface area contributed by atoms with Gasteiger partial charge in [-0.2, -0.15) is 0 Å². The second kappa shape index (κ2) is 7.85. The minimum absolute atomic E-state index is 0.00754. The molecule has 2 aromatic heterocycles. The van der Waals surface area contributed by atoms with Crippen molar-refractivity contribution in [2.24, 2.45) is 0 Å². The summed E-state index contributed by atoms with van der Waals surface area (Å²) in [7, 11) is 0. The molecular weight excluding hydrogens is 414 g/mol. The van der Waals surface area contributed by atoms with Crippen molar-refractivity contribution < 1.29 is 9.32 Å². The smallest absolute Gasteiger partial charge is 0.264 e. The molecule has 7 heteroatoms. The van der Waals surface area contributed by atoms with Gasteiger partial charge >= 0.3 is 0 Å². The number of nitrogens with zero attached hydrogens (tertiary/aromatic N) is 2. The number of amides is 1. The third kappa shape index (κ3) is 3.41. The van der Waals surface area contributed by atoms with E-state index in [2.05, 4.69) is 10.5 Å². The average molecular weight is 436 g/mol. The molecule has 1 amide bonds. The zero-order valence-electron chi connectivity index (χ0n) is 17.1. The van der Waals surface area contributed by atoms with Crippen LogP contribution in [0.25, 0.3) is 21.8 Å². The fourth-order valence-corrected chi connectivity index (χ4v) is 4.98. The van der Waals surface area contributed by atoms with Crippen LogP contribution in [0.5, 0.6) is 0 Å². The van der Waals surface area contributed by atoms with Crippen molar-refractivity contribution >= 4 is 39.3 Å². The lowest BCUT2D eigenvalue weighted by Crippen LogP contribution is -2.40. The van der Waals surface area contributed by atoms with E-state index in [4.69, 9.17) is 16.1 Å². The number of rotatable bonds is 3. The van der Waals surface area contributed by atoms with Gasteiger partial charge < -0.3 is 14.4 Å². The summed E-state index contributed by atoms with van der Waals surface area (Å²) in [5, 5.41) is 8.99. The maximum atomic E-state index is 13.5. The Kier molecular flexibility index (Phi) is 5.02. The minimum atomic E-state index is -0.122. The highest BCUT2D eigenvalue weighted by Gasteiger charge is 2.29. The highest BCUT2D eigenvalue weighted by atomic mass is 35.5. The maximum Gasteiger partial charge on any atom is 0.264 e. The molecule has 2 atom stereocenters. The van der Waals surface area contributed by atoms with Crippen molar-refractivity contribution in [3.05, 3.63) is 75.2 Å². The van der Waals surface area contributed by atoms with Crippen LogP contribution in [0.2, 0.25) is 5.02 Å². The number of carbonyl (C=O) groups is 1. The van der Waals surface area contributed by atoms with E-state index in [-0.39, 0.29) is 23.6 Å². The molecule has 1 fully saturated rings. The first-order valence-electron chi connectivity index (χ1n) is 10.5. The molecule has 0 aliphatic heterocycles. The number of hydrogen-bond acceptors (Lipinski definition) is 4. The van der Waals surface area contributed by atoms with Crippen LogP contribution in [0.4, 0.5) is 0 Å². The fraction of sp³-hybridized carbons (Fsp3) is 0.292.